The first-order valence-electron chi connectivity index (χ1n) is 5.36. The summed E-state index contributed by atoms with van der Waals surface area (Å²) in [5, 5.41) is 1.95. The van der Waals surface area contributed by atoms with Crippen LogP contribution in [0.4, 0.5) is 8.78 Å². The molecule has 0 spiro atoms. The van der Waals surface area contributed by atoms with E-state index in [1.54, 1.807) is 18.3 Å². The van der Waals surface area contributed by atoms with E-state index in [9.17, 15) is 8.78 Å². The number of nitrogens with two attached hydrogens (primary N) is 1. The molecule has 1 atom stereocenters. The number of rotatable bonds is 3. The van der Waals surface area contributed by atoms with Crippen molar-refractivity contribution in [3.05, 3.63) is 56.2 Å². The molecule has 0 aliphatic heterocycles. The molecule has 0 saturated carbocycles. The molecule has 96 valence electrons. The minimum atomic E-state index is -0.809. The predicted octanol–water partition coefficient (Wildman–Crippen LogP) is 4.21. The number of benzene rings is 1. The van der Waals surface area contributed by atoms with Gasteiger partial charge in [-0.25, -0.2) is 8.78 Å². The zero-order valence-electron chi connectivity index (χ0n) is 9.71. The molecule has 0 saturated heterocycles. The summed E-state index contributed by atoms with van der Waals surface area (Å²) in [6, 6.07) is 5.35. The zero-order valence-corrected chi connectivity index (χ0v) is 12.1. The summed E-state index contributed by atoms with van der Waals surface area (Å²) in [5.74, 6) is -1.21. The molecule has 1 aromatic carbocycles. The van der Waals surface area contributed by atoms with Gasteiger partial charge in [0.25, 0.3) is 0 Å². The van der Waals surface area contributed by atoms with Gasteiger partial charge in [-0.05, 0) is 52.0 Å². The first kappa shape index (κ1) is 13.6. The topological polar surface area (TPSA) is 26.0 Å². The van der Waals surface area contributed by atoms with E-state index >= 15 is 0 Å². The van der Waals surface area contributed by atoms with Gasteiger partial charge in [-0.15, -0.1) is 11.3 Å². The maximum Gasteiger partial charge on any atom is 0.126 e. The Hall–Kier alpha value is -0.780. The third kappa shape index (κ3) is 2.96. The highest BCUT2D eigenvalue weighted by atomic mass is 79.9. The SMILES string of the molecule is CC(N)(Cc1sccc1Br)c1cc(F)cc(F)c1. The van der Waals surface area contributed by atoms with Crippen LogP contribution >= 0.6 is 27.3 Å². The standard InChI is InChI=1S/C13H12BrF2NS/c1-13(17,7-12-11(14)2-3-18-12)8-4-9(15)6-10(16)5-8/h2-6H,7,17H2,1H3. The Labute approximate surface area is 117 Å². The van der Waals surface area contributed by atoms with Crippen LogP contribution in [0.5, 0.6) is 0 Å². The molecule has 5 heteroatoms. The highest BCUT2D eigenvalue weighted by Crippen LogP contribution is 2.31. The molecule has 0 aliphatic carbocycles. The predicted molar refractivity (Wildman–Crippen MR) is 73.6 cm³/mol. The number of hydrogen-bond donors (Lipinski definition) is 1. The number of halogens is 3. The summed E-state index contributed by atoms with van der Waals surface area (Å²) in [6.45, 7) is 1.77. The second-order valence-corrected chi connectivity index (χ2v) is 6.30. The van der Waals surface area contributed by atoms with E-state index in [1.807, 2.05) is 11.4 Å². The second kappa shape index (κ2) is 5.07. The molecule has 2 rings (SSSR count). The highest BCUT2D eigenvalue weighted by molar-refractivity contribution is 9.10. The van der Waals surface area contributed by atoms with Crippen molar-refractivity contribution >= 4 is 27.3 Å². The Morgan fingerprint density at radius 1 is 1.28 bits per heavy atom. The summed E-state index contributed by atoms with van der Waals surface area (Å²) in [4.78, 5) is 1.06. The molecule has 0 aliphatic rings. The van der Waals surface area contributed by atoms with Gasteiger partial charge in [0.05, 0.1) is 0 Å². The highest BCUT2D eigenvalue weighted by Gasteiger charge is 2.24. The quantitative estimate of drug-likeness (QED) is 0.895. The van der Waals surface area contributed by atoms with Crippen LogP contribution in [0, 0.1) is 11.6 Å². The molecule has 1 aromatic heterocycles. The number of thiophene rings is 1. The van der Waals surface area contributed by atoms with Crippen LogP contribution < -0.4 is 5.73 Å². The molecular weight excluding hydrogens is 320 g/mol. The lowest BCUT2D eigenvalue weighted by Crippen LogP contribution is -2.35. The van der Waals surface area contributed by atoms with Crippen molar-refractivity contribution in [3.63, 3.8) is 0 Å². The normalized spacial score (nSPS) is 14.5. The van der Waals surface area contributed by atoms with Crippen LogP contribution in [-0.4, -0.2) is 0 Å². The minimum absolute atomic E-state index is 0.459. The molecule has 18 heavy (non-hydrogen) atoms. The van der Waals surface area contributed by atoms with Crippen LogP contribution in [0.15, 0.2) is 34.1 Å². The third-order valence-corrected chi connectivity index (χ3v) is 4.67. The van der Waals surface area contributed by atoms with Crippen molar-refractivity contribution in [1.82, 2.24) is 0 Å². The smallest absolute Gasteiger partial charge is 0.126 e. The fourth-order valence-corrected chi connectivity index (χ4v) is 3.43. The molecule has 0 radical (unpaired) electrons. The van der Waals surface area contributed by atoms with E-state index in [0.717, 1.165) is 15.4 Å². The van der Waals surface area contributed by atoms with Crippen LogP contribution in [-0.2, 0) is 12.0 Å². The molecule has 0 bridgehead atoms. The molecule has 0 amide bonds. The maximum atomic E-state index is 13.2. The van der Waals surface area contributed by atoms with Gasteiger partial charge in [-0.1, -0.05) is 0 Å². The Morgan fingerprint density at radius 3 is 2.39 bits per heavy atom. The third-order valence-electron chi connectivity index (χ3n) is 2.74. The lowest BCUT2D eigenvalue weighted by Gasteiger charge is -2.25. The summed E-state index contributed by atoms with van der Waals surface area (Å²) in [6.07, 6.45) is 0.522. The number of hydrogen-bond acceptors (Lipinski definition) is 2. The molecule has 2 N–H and O–H groups in total. The van der Waals surface area contributed by atoms with E-state index < -0.39 is 17.2 Å². The molecule has 1 unspecified atom stereocenters. The first-order valence-corrected chi connectivity index (χ1v) is 7.03. The van der Waals surface area contributed by atoms with Gasteiger partial charge in [-0.3, -0.25) is 0 Å². The lowest BCUT2D eigenvalue weighted by molar-refractivity contribution is 0.481. The lowest BCUT2D eigenvalue weighted by atomic mass is 9.89. The van der Waals surface area contributed by atoms with Gasteiger partial charge in [-0.2, -0.15) is 0 Å². The summed E-state index contributed by atoms with van der Waals surface area (Å²) < 4.78 is 27.4. The molecule has 1 nitrogen and oxygen atoms in total. The van der Waals surface area contributed by atoms with E-state index in [2.05, 4.69) is 15.9 Å². The fourth-order valence-electron chi connectivity index (χ4n) is 1.77. The minimum Gasteiger partial charge on any atom is -0.321 e. The Balaban J connectivity index is 2.33. The van der Waals surface area contributed by atoms with Crippen LogP contribution in [0.25, 0.3) is 0 Å². The van der Waals surface area contributed by atoms with Crippen LogP contribution in [0.2, 0.25) is 0 Å². The van der Waals surface area contributed by atoms with Crippen LogP contribution in [0.1, 0.15) is 17.4 Å². The fraction of sp³-hybridized carbons (Fsp3) is 0.231. The molecular formula is C13H12BrF2NS. The average molecular weight is 332 g/mol. The van der Waals surface area contributed by atoms with Gasteiger partial charge in [0, 0.05) is 27.4 Å². The van der Waals surface area contributed by atoms with Crippen molar-refractivity contribution in [3.8, 4) is 0 Å². The maximum absolute atomic E-state index is 13.2. The van der Waals surface area contributed by atoms with Crippen molar-refractivity contribution in [2.45, 2.75) is 18.9 Å². The summed E-state index contributed by atoms with van der Waals surface area (Å²) >= 11 is 4.99. The van der Waals surface area contributed by atoms with Gasteiger partial charge < -0.3 is 5.73 Å². The largest absolute Gasteiger partial charge is 0.321 e. The Kier molecular flexibility index (Phi) is 3.84. The second-order valence-electron chi connectivity index (χ2n) is 4.44. The Morgan fingerprint density at radius 2 is 1.89 bits per heavy atom. The van der Waals surface area contributed by atoms with E-state index in [-0.39, 0.29) is 0 Å². The van der Waals surface area contributed by atoms with Crippen LogP contribution in [0.3, 0.4) is 0 Å². The van der Waals surface area contributed by atoms with Gasteiger partial charge in [0.15, 0.2) is 0 Å². The van der Waals surface area contributed by atoms with Gasteiger partial charge >= 0.3 is 0 Å². The molecule has 2 aromatic rings. The van der Waals surface area contributed by atoms with Crippen molar-refractivity contribution in [2.75, 3.05) is 0 Å². The van der Waals surface area contributed by atoms with Gasteiger partial charge in [0.1, 0.15) is 11.6 Å². The molecule has 0 fully saturated rings. The average Bonchev–Trinajstić information content (AvgIpc) is 2.62. The monoisotopic (exact) mass is 331 g/mol. The van der Waals surface area contributed by atoms with Crippen molar-refractivity contribution < 1.29 is 8.78 Å². The van der Waals surface area contributed by atoms with Crippen molar-refractivity contribution in [2.24, 2.45) is 5.73 Å². The Bertz CT molecular complexity index is 546. The summed E-state index contributed by atoms with van der Waals surface area (Å²) in [5.41, 5.74) is 5.84. The van der Waals surface area contributed by atoms with E-state index in [1.165, 1.54) is 12.1 Å². The summed E-state index contributed by atoms with van der Waals surface area (Å²) in [7, 11) is 0. The van der Waals surface area contributed by atoms with Crippen molar-refractivity contribution in [1.29, 1.82) is 0 Å². The van der Waals surface area contributed by atoms with E-state index in [4.69, 9.17) is 5.73 Å². The molecule has 1 heterocycles. The van der Waals surface area contributed by atoms with E-state index in [0.29, 0.717) is 12.0 Å². The van der Waals surface area contributed by atoms with Gasteiger partial charge in [0.2, 0.25) is 0 Å². The first-order chi connectivity index (χ1) is 8.38. The zero-order chi connectivity index (χ0) is 13.3.